The third-order valence-electron chi connectivity index (χ3n) is 4.65. The predicted molar refractivity (Wildman–Crippen MR) is 83.9 cm³/mol. The predicted octanol–water partition coefficient (Wildman–Crippen LogP) is 1.24. The Balaban J connectivity index is 1.62. The van der Waals surface area contributed by atoms with Gasteiger partial charge in [0.1, 0.15) is 11.6 Å². The van der Waals surface area contributed by atoms with Crippen molar-refractivity contribution < 1.29 is 14.3 Å². The normalized spacial score (nSPS) is 21.1. The Bertz CT molecular complexity index is 535. The molecule has 0 spiro atoms. The first-order valence-corrected chi connectivity index (χ1v) is 8.46. The molecule has 7 heteroatoms. The van der Waals surface area contributed by atoms with Crippen molar-refractivity contribution in [3.05, 3.63) is 11.6 Å². The van der Waals surface area contributed by atoms with Crippen molar-refractivity contribution in [2.75, 3.05) is 26.8 Å². The summed E-state index contributed by atoms with van der Waals surface area (Å²) in [7, 11) is 3.46. The minimum atomic E-state index is -0.182. The monoisotopic (exact) mass is 322 g/mol. The van der Waals surface area contributed by atoms with Crippen LogP contribution in [0.4, 0.5) is 0 Å². The summed E-state index contributed by atoms with van der Waals surface area (Å²) in [6.45, 7) is 3.00. The van der Waals surface area contributed by atoms with Crippen molar-refractivity contribution in [1.29, 1.82) is 0 Å². The molecular weight excluding hydrogens is 296 g/mol. The van der Waals surface area contributed by atoms with Gasteiger partial charge < -0.3 is 14.0 Å². The molecule has 1 saturated heterocycles. The molecule has 0 amide bonds. The molecule has 1 aliphatic carbocycles. The molecule has 0 aromatic carbocycles. The lowest BCUT2D eigenvalue weighted by Crippen LogP contribution is -2.34. The van der Waals surface area contributed by atoms with E-state index in [9.17, 15) is 4.79 Å². The van der Waals surface area contributed by atoms with Crippen LogP contribution in [0.15, 0.2) is 0 Å². The van der Waals surface area contributed by atoms with E-state index in [2.05, 4.69) is 19.7 Å². The first kappa shape index (κ1) is 16.4. The number of hydrogen-bond acceptors (Lipinski definition) is 6. The van der Waals surface area contributed by atoms with Gasteiger partial charge in [0.2, 0.25) is 0 Å². The highest BCUT2D eigenvalue weighted by Crippen LogP contribution is 2.38. The van der Waals surface area contributed by atoms with Crippen LogP contribution in [0.25, 0.3) is 0 Å². The zero-order valence-corrected chi connectivity index (χ0v) is 14.0. The number of rotatable bonds is 8. The quantitative estimate of drug-likeness (QED) is 0.671. The van der Waals surface area contributed by atoms with Gasteiger partial charge in [-0.3, -0.25) is 9.69 Å². The second kappa shape index (κ2) is 7.40. The van der Waals surface area contributed by atoms with E-state index in [1.165, 1.54) is 20.0 Å². The lowest BCUT2D eigenvalue weighted by atomic mass is 10.2. The van der Waals surface area contributed by atoms with Crippen LogP contribution in [0.5, 0.6) is 0 Å². The van der Waals surface area contributed by atoms with Gasteiger partial charge in [-0.1, -0.05) is 0 Å². The van der Waals surface area contributed by atoms with E-state index >= 15 is 0 Å². The minimum absolute atomic E-state index is 0.182. The molecule has 1 aromatic rings. The summed E-state index contributed by atoms with van der Waals surface area (Å²) in [6, 6.07) is 0. The molecule has 2 fully saturated rings. The summed E-state index contributed by atoms with van der Waals surface area (Å²) >= 11 is 0. The molecule has 1 aliphatic heterocycles. The molecule has 1 aromatic heterocycles. The van der Waals surface area contributed by atoms with Gasteiger partial charge in [0.15, 0.2) is 0 Å². The third kappa shape index (κ3) is 4.29. The van der Waals surface area contributed by atoms with Crippen LogP contribution in [-0.4, -0.2) is 58.5 Å². The number of aromatic nitrogens is 3. The lowest BCUT2D eigenvalue weighted by molar-refractivity contribution is -0.141. The van der Waals surface area contributed by atoms with E-state index in [4.69, 9.17) is 9.47 Å². The van der Waals surface area contributed by atoms with Crippen molar-refractivity contribution in [3.8, 4) is 0 Å². The number of hydrogen-bond donors (Lipinski definition) is 0. The molecule has 3 rings (SSSR count). The molecule has 0 radical (unpaired) electrons. The molecule has 1 atom stereocenters. The Morgan fingerprint density at radius 1 is 1.39 bits per heavy atom. The van der Waals surface area contributed by atoms with Crippen molar-refractivity contribution >= 4 is 5.97 Å². The molecule has 0 bridgehead atoms. The van der Waals surface area contributed by atoms with Crippen LogP contribution in [0, 0.1) is 0 Å². The molecule has 0 N–H and O–H groups in total. The Labute approximate surface area is 137 Å². The van der Waals surface area contributed by atoms with Crippen LogP contribution in [0.1, 0.15) is 49.7 Å². The SMILES string of the molecule is COC(=O)CCN(Cc1nnc(C2CC2)n1C)CC1CCCO1. The smallest absolute Gasteiger partial charge is 0.306 e. The number of nitrogens with zero attached hydrogens (tertiary/aromatic N) is 4. The maximum atomic E-state index is 11.5. The van der Waals surface area contributed by atoms with Crippen molar-refractivity contribution in [2.45, 2.75) is 50.7 Å². The zero-order chi connectivity index (χ0) is 16.2. The van der Waals surface area contributed by atoms with E-state index in [1.54, 1.807) is 0 Å². The van der Waals surface area contributed by atoms with Gasteiger partial charge >= 0.3 is 5.97 Å². The second-order valence-corrected chi connectivity index (χ2v) is 6.50. The van der Waals surface area contributed by atoms with Crippen molar-refractivity contribution in [3.63, 3.8) is 0 Å². The molecule has 2 heterocycles. The van der Waals surface area contributed by atoms with Gasteiger partial charge in [-0.15, -0.1) is 10.2 Å². The maximum absolute atomic E-state index is 11.5. The lowest BCUT2D eigenvalue weighted by Gasteiger charge is -2.24. The van der Waals surface area contributed by atoms with Gasteiger partial charge in [0.05, 0.1) is 26.2 Å². The number of carbonyl (C=O) groups is 1. The highest BCUT2D eigenvalue weighted by Gasteiger charge is 2.29. The highest BCUT2D eigenvalue weighted by molar-refractivity contribution is 5.69. The summed E-state index contributed by atoms with van der Waals surface area (Å²) in [5, 5.41) is 8.69. The number of esters is 1. The average molecular weight is 322 g/mol. The van der Waals surface area contributed by atoms with E-state index in [0.717, 1.165) is 37.6 Å². The molecule has 1 saturated carbocycles. The van der Waals surface area contributed by atoms with E-state index in [1.807, 2.05) is 7.05 Å². The topological polar surface area (TPSA) is 69.5 Å². The first-order chi connectivity index (χ1) is 11.2. The largest absolute Gasteiger partial charge is 0.469 e. The summed E-state index contributed by atoms with van der Waals surface area (Å²) in [5.41, 5.74) is 0. The number of ether oxygens (including phenoxy) is 2. The van der Waals surface area contributed by atoms with Crippen LogP contribution < -0.4 is 0 Å². The first-order valence-electron chi connectivity index (χ1n) is 8.46. The summed E-state index contributed by atoms with van der Waals surface area (Å²) in [6.07, 6.45) is 5.27. The molecular formula is C16H26N4O3. The van der Waals surface area contributed by atoms with Gasteiger partial charge in [-0.25, -0.2) is 0 Å². The van der Waals surface area contributed by atoms with Gasteiger partial charge in [-0.05, 0) is 25.7 Å². The Morgan fingerprint density at radius 3 is 2.87 bits per heavy atom. The average Bonchev–Trinajstić information content (AvgIpc) is 3.15. The Hall–Kier alpha value is -1.47. The fourth-order valence-electron chi connectivity index (χ4n) is 3.07. The summed E-state index contributed by atoms with van der Waals surface area (Å²) in [4.78, 5) is 13.7. The second-order valence-electron chi connectivity index (χ2n) is 6.50. The zero-order valence-electron chi connectivity index (χ0n) is 14.0. The third-order valence-corrected chi connectivity index (χ3v) is 4.65. The standard InChI is InChI=1S/C16H26N4O3/c1-19-14(17-18-16(19)12-5-6-12)11-20(8-7-15(21)22-2)10-13-4-3-9-23-13/h12-13H,3-11H2,1-2H3. The number of carbonyl (C=O) groups excluding carboxylic acids is 1. The van der Waals surface area contributed by atoms with E-state index < -0.39 is 0 Å². The Morgan fingerprint density at radius 2 is 2.22 bits per heavy atom. The minimum Gasteiger partial charge on any atom is -0.469 e. The fourth-order valence-corrected chi connectivity index (χ4v) is 3.07. The fraction of sp³-hybridized carbons (Fsp3) is 0.812. The Kier molecular flexibility index (Phi) is 5.27. The highest BCUT2D eigenvalue weighted by atomic mass is 16.5. The van der Waals surface area contributed by atoms with Gasteiger partial charge in [-0.2, -0.15) is 0 Å². The van der Waals surface area contributed by atoms with Gasteiger partial charge in [0.25, 0.3) is 0 Å². The van der Waals surface area contributed by atoms with Crippen molar-refractivity contribution in [1.82, 2.24) is 19.7 Å². The van der Waals surface area contributed by atoms with Crippen LogP contribution in [0.3, 0.4) is 0 Å². The molecule has 23 heavy (non-hydrogen) atoms. The van der Waals surface area contributed by atoms with Gasteiger partial charge in [0, 0.05) is 32.7 Å². The summed E-state index contributed by atoms with van der Waals surface area (Å²) < 4.78 is 12.6. The maximum Gasteiger partial charge on any atom is 0.306 e. The van der Waals surface area contributed by atoms with E-state index in [0.29, 0.717) is 25.4 Å². The van der Waals surface area contributed by atoms with Crippen LogP contribution in [0.2, 0.25) is 0 Å². The van der Waals surface area contributed by atoms with Crippen LogP contribution >= 0.6 is 0 Å². The summed E-state index contributed by atoms with van der Waals surface area (Å²) in [5.74, 6) is 2.45. The molecule has 2 aliphatic rings. The van der Waals surface area contributed by atoms with Crippen LogP contribution in [-0.2, 0) is 27.9 Å². The number of methoxy groups -OCH3 is 1. The van der Waals surface area contributed by atoms with Crippen molar-refractivity contribution in [2.24, 2.45) is 7.05 Å². The molecule has 1 unspecified atom stereocenters. The molecule has 128 valence electrons. The van der Waals surface area contributed by atoms with E-state index in [-0.39, 0.29) is 12.1 Å². The molecule has 7 nitrogen and oxygen atoms in total.